The molecule has 0 amide bonds. The van der Waals surface area contributed by atoms with Crippen LogP contribution in [0.1, 0.15) is 207 Å². The van der Waals surface area contributed by atoms with E-state index in [9.17, 15) is 43.5 Å². The Labute approximate surface area is 446 Å². The molecule has 6 N–H and O–H groups in total. The average molecular weight is 1100 g/mol. The smallest absolute Gasteiger partial charge is 0.462 e. The molecule has 21 heteroatoms. The summed E-state index contributed by atoms with van der Waals surface area (Å²) in [6, 6.07) is 1.25. The molecule has 9 atom stereocenters. The Morgan fingerprint density at radius 2 is 1.28 bits per heavy atom. The van der Waals surface area contributed by atoms with E-state index in [2.05, 4.69) is 66.5 Å². The van der Waals surface area contributed by atoms with Crippen molar-refractivity contribution in [3.63, 3.8) is 0 Å². The lowest BCUT2D eigenvalue weighted by atomic mass is 10.0. The number of aromatic nitrogens is 2. The Kier molecular flexibility index (Phi) is 34.0. The molecule has 2 saturated heterocycles. The fourth-order valence-electron chi connectivity index (χ4n) is 8.64. The van der Waals surface area contributed by atoms with Crippen molar-refractivity contribution < 1.29 is 71.0 Å². The number of phosphoric ester groups is 2. The molecule has 0 saturated carbocycles. The summed E-state index contributed by atoms with van der Waals surface area (Å²) in [5, 5.41) is 21.0. The Hall–Kier alpha value is -3.06. The number of rotatable bonds is 45. The van der Waals surface area contributed by atoms with Gasteiger partial charge in [-0.15, -0.1) is 0 Å². The van der Waals surface area contributed by atoms with Crippen LogP contribution in [0.3, 0.4) is 0 Å². The molecule has 0 aliphatic carbocycles. The van der Waals surface area contributed by atoms with E-state index in [4.69, 9.17) is 33.7 Å². The fraction of sp³-hybridized carbons (Fsp3) is 0.778. The maximum atomic E-state index is 12.9. The minimum Gasteiger partial charge on any atom is -0.462 e. The molecule has 3 rings (SSSR count). The van der Waals surface area contributed by atoms with Gasteiger partial charge in [0.05, 0.1) is 25.4 Å². The van der Waals surface area contributed by atoms with Gasteiger partial charge in [0, 0.05) is 19.0 Å². The van der Waals surface area contributed by atoms with Gasteiger partial charge in [-0.25, -0.2) is 13.9 Å². The second kappa shape index (κ2) is 38.5. The van der Waals surface area contributed by atoms with E-state index in [1.165, 1.54) is 102 Å². The van der Waals surface area contributed by atoms with Gasteiger partial charge in [-0.1, -0.05) is 173 Å². The lowest BCUT2D eigenvalue weighted by molar-refractivity contribution is -0.161. The zero-order chi connectivity index (χ0) is 54.7. The Morgan fingerprint density at radius 3 is 1.89 bits per heavy atom. The molecule has 2 fully saturated rings. The van der Waals surface area contributed by atoms with Crippen LogP contribution < -0.4 is 11.4 Å². The topological polar surface area (TPSA) is 278 Å². The number of allylic oxidation sites excluding steroid dienone is 5. The van der Waals surface area contributed by atoms with Gasteiger partial charge < -0.3 is 44.7 Å². The van der Waals surface area contributed by atoms with E-state index in [1.54, 1.807) is 0 Å². The van der Waals surface area contributed by atoms with Crippen molar-refractivity contribution in [2.45, 2.75) is 243 Å². The number of aliphatic hydroxyl groups is 2. The van der Waals surface area contributed by atoms with Gasteiger partial charge in [0.1, 0.15) is 30.7 Å². The van der Waals surface area contributed by atoms with Crippen molar-refractivity contribution in [1.29, 1.82) is 0 Å². The minimum atomic E-state index is -5.44. The number of epoxide rings is 1. The normalized spacial score (nSPS) is 21.8. The van der Waals surface area contributed by atoms with Crippen molar-refractivity contribution in [1.82, 2.24) is 9.55 Å². The SMILES string of the molecule is CCCCC/C=C\C/C=C\C/C=C\CC1OC1CCCC(=O)OC[C@H](COP(=O)(O)OP(=O)(O)OC[C@H]1O[C@@H](n2ccc(N)nc2=O)[C@H](O)[C@@H]1O)OC(=O)CCCCCCCCCCCCCCCCCCC(C)C. The van der Waals surface area contributed by atoms with Gasteiger partial charge in [-0.3, -0.25) is 23.2 Å². The van der Waals surface area contributed by atoms with Gasteiger partial charge in [0.15, 0.2) is 12.3 Å². The first-order chi connectivity index (χ1) is 36.0. The van der Waals surface area contributed by atoms with Crippen LogP contribution in [0.5, 0.6) is 0 Å². The van der Waals surface area contributed by atoms with E-state index < -0.39 is 83.7 Å². The zero-order valence-electron chi connectivity index (χ0n) is 45.2. The summed E-state index contributed by atoms with van der Waals surface area (Å²) in [6.45, 7) is 4.42. The van der Waals surface area contributed by atoms with Crippen molar-refractivity contribution >= 4 is 33.4 Å². The van der Waals surface area contributed by atoms with E-state index in [1.807, 2.05) is 0 Å². The zero-order valence-corrected chi connectivity index (χ0v) is 47.0. The van der Waals surface area contributed by atoms with E-state index >= 15 is 0 Å². The van der Waals surface area contributed by atoms with Gasteiger partial charge in [-0.2, -0.15) is 9.29 Å². The van der Waals surface area contributed by atoms with Crippen LogP contribution in [0.2, 0.25) is 0 Å². The van der Waals surface area contributed by atoms with Gasteiger partial charge in [-0.05, 0) is 63.4 Å². The summed E-state index contributed by atoms with van der Waals surface area (Å²) in [7, 11) is -10.9. The van der Waals surface area contributed by atoms with E-state index in [0.29, 0.717) is 19.3 Å². The molecule has 75 heavy (non-hydrogen) atoms. The standard InChI is InChI=1S/C54H93N3O16P2/c1-4-5-6-7-8-9-10-18-21-24-27-30-34-45-46(71-45)35-32-37-49(58)67-40-44(70-50(59)36-31-28-25-22-19-16-14-12-11-13-15-17-20-23-26-29-33-43(2)3)41-68-74(63,64)73-75(65,66)69-42-47-51(60)52(61)53(72-47)57-39-38-48(55)56-54(57)62/h8-9,18,21,27,30,38-39,43-47,51-53,60-61H,4-7,10-17,19-20,22-26,28-29,31-37,40-42H2,1-3H3,(H,63,64)(H,65,66)(H2,55,56,62)/b9-8-,21-18-,30-27-/t44-,45?,46?,47-,51-,52-,53-/m1/s1. The summed E-state index contributed by atoms with van der Waals surface area (Å²) in [6.07, 6.45) is 35.2. The highest BCUT2D eigenvalue weighted by Gasteiger charge is 2.46. The third-order valence-electron chi connectivity index (χ3n) is 13.1. The van der Waals surface area contributed by atoms with Crippen LogP contribution in [0.25, 0.3) is 0 Å². The largest absolute Gasteiger partial charge is 0.481 e. The second-order valence-electron chi connectivity index (χ2n) is 20.3. The molecule has 430 valence electrons. The number of unbranched alkanes of at least 4 members (excludes halogenated alkanes) is 18. The Balaban J connectivity index is 1.39. The van der Waals surface area contributed by atoms with Crippen LogP contribution in [0.15, 0.2) is 53.5 Å². The van der Waals surface area contributed by atoms with Crippen molar-refractivity contribution in [3.05, 3.63) is 59.2 Å². The molecule has 0 bridgehead atoms. The lowest BCUT2D eigenvalue weighted by Gasteiger charge is -2.21. The van der Waals surface area contributed by atoms with Gasteiger partial charge in [0.2, 0.25) is 0 Å². The van der Waals surface area contributed by atoms with E-state index in [-0.39, 0.29) is 30.9 Å². The highest BCUT2D eigenvalue weighted by Crippen LogP contribution is 2.60. The van der Waals surface area contributed by atoms with Gasteiger partial charge >= 0.3 is 33.3 Å². The summed E-state index contributed by atoms with van der Waals surface area (Å²) >= 11 is 0. The molecule has 0 spiro atoms. The quantitative estimate of drug-likeness (QED) is 0.0133. The molecule has 1 aromatic heterocycles. The molecule has 2 aliphatic rings. The lowest BCUT2D eigenvalue weighted by Crippen LogP contribution is -2.36. The molecule has 4 unspecified atom stereocenters. The third kappa shape index (κ3) is 31.2. The highest BCUT2D eigenvalue weighted by molar-refractivity contribution is 7.61. The maximum absolute atomic E-state index is 12.9. The predicted octanol–water partition coefficient (Wildman–Crippen LogP) is 11.2. The molecule has 1 aromatic rings. The molecular weight excluding hydrogens is 1010 g/mol. The molecule has 0 radical (unpaired) electrons. The first-order valence-electron chi connectivity index (χ1n) is 28.0. The molecule has 2 aliphatic heterocycles. The molecule has 0 aromatic carbocycles. The Morgan fingerprint density at radius 1 is 0.707 bits per heavy atom. The number of aliphatic hydroxyl groups excluding tert-OH is 2. The van der Waals surface area contributed by atoms with Crippen molar-refractivity contribution in [2.24, 2.45) is 5.92 Å². The number of hydrogen-bond acceptors (Lipinski definition) is 16. The van der Waals surface area contributed by atoms with Gasteiger partial charge in [0.25, 0.3) is 0 Å². The van der Waals surface area contributed by atoms with Crippen LogP contribution in [-0.4, -0.2) is 97.9 Å². The molecular formula is C54H93N3O16P2. The van der Waals surface area contributed by atoms with Crippen LogP contribution >= 0.6 is 15.6 Å². The van der Waals surface area contributed by atoms with Crippen molar-refractivity contribution in [2.75, 3.05) is 25.6 Å². The summed E-state index contributed by atoms with van der Waals surface area (Å²) < 4.78 is 62.8. The summed E-state index contributed by atoms with van der Waals surface area (Å²) in [5.41, 5.74) is 4.60. The summed E-state index contributed by atoms with van der Waals surface area (Å²) in [4.78, 5) is 62.2. The summed E-state index contributed by atoms with van der Waals surface area (Å²) in [5.74, 6) is -0.562. The fourth-order valence-corrected chi connectivity index (χ4v) is 10.8. The minimum absolute atomic E-state index is 0.0316. The number of phosphoric acid groups is 2. The number of hydrogen-bond donors (Lipinski definition) is 5. The van der Waals surface area contributed by atoms with Crippen LogP contribution in [-0.2, 0) is 51.0 Å². The number of carbonyl (C=O) groups excluding carboxylic acids is 2. The Bertz CT molecular complexity index is 1980. The predicted molar refractivity (Wildman–Crippen MR) is 288 cm³/mol. The number of carbonyl (C=O) groups is 2. The number of ether oxygens (including phenoxy) is 4. The monoisotopic (exact) mass is 1100 g/mol. The van der Waals surface area contributed by atoms with E-state index in [0.717, 1.165) is 68.0 Å². The average Bonchev–Trinajstić information content (AvgIpc) is 4.05. The number of nitrogens with zero attached hydrogens (tertiary/aromatic N) is 2. The second-order valence-corrected chi connectivity index (χ2v) is 23.3. The van der Waals surface area contributed by atoms with Crippen LogP contribution in [0, 0.1) is 5.92 Å². The van der Waals surface area contributed by atoms with Crippen LogP contribution in [0.4, 0.5) is 5.82 Å². The number of anilines is 1. The number of nitrogen functional groups attached to an aromatic ring is 1. The molecule has 19 nitrogen and oxygen atoms in total. The first-order valence-corrected chi connectivity index (χ1v) is 31.0. The number of esters is 2. The highest BCUT2D eigenvalue weighted by atomic mass is 31.3. The first kappa shape index (κ1) is 66.2. The number of nitrogens with two attached hydrogens (primary N) is 1. The third-order valence-corrected chi connectivity index (χ3v) is 15.7. The molecule has 3 heterocycles. The maximum Gasteiger partial charge on any atom is 0.481 e. The van der Waals surface area contributed by atoms with Crippen molar-refractivity contribution in [3.8, 4) is 0 Å².